The second-order valence-electron chi connectivity index (χ2n) is 7.53. The van der Waals surface area contributed by atoms with Gasteiger partial charge in [0.05, 0.1) is 0 Å². The van der Waals surface area contributed by atoms with E-state index in [9.17, 15) is 24.3 Å². The quantitative estimate of drug-likeness (QED) is 0.248. The Labute approximate surface area is 192 Å². The summed E-state index contributed by atoms with van der Waals surface area (Å²) in [4.78, 5) is 59.6. The van der Waals surface area contributed by atoms with Gasteiger partial charge in [-0.15, -0.1) is 0 Å². The highest BCUT2D eigenvalue weighted by atomic mass is 16.4. The number of carbonyl (C=O) groups excluding carboxylic acids is 1. The van der Waals surface area contributed by atoms with Crippen LogP contribution >= 0.6 is 0 Å². The highest BCUT2D eigenvalue weighted by molar-refractivity contribution is 5.97. The molecule has 1 atom stereocenters. The van der Waals surface area contributed by atoms with E-state index in [0.29, 0.717) is 11.3 Å². The summed E-state index contributed by atoms with van der Waals surface area (Å²) in [7, 11) is 1.74. The second-order valence-corrected chi connectivity index (χ2v) is 7.53. The number of nitrogens with two attached hydrogens (primary N) is 2. The van der Waals surface area contributed by atoms with Crippen LogP contribution in [0.25, 0.3) is 11.0 Å². The number of carboxylic acids is 2. The van der Waals surface area contributed by atoms with Gasteiger partial charge in [-0.2, -0.15) is 9.97 Å². The van der Waals surface area contributed by atoms with Crippen molar-refractivity contribution in [2.75, 3.05) is 23.4 Å². The Balaban J connectivity index is 1.73. The van der Waals surface area contributed by atoms with Crippen molar-refractivity contribution in [2.24, 2.45) is 0 Å². The molecule has 0 bridgehead atoms. The molecule has 0 saturated carbocycles. The van der Waals surface area contributed by atoms with Gasteiger partial charge < -0.3 is 36.9 Å². The van der Waals surface area contributed by atoms with Gasteiger partial charge in [0, 0.05) is 43.0 Å². The fraction of sp³-hybridized carbons (Fsp3) is 0.238. The molecule has 2 aromatic heterocycles. The number of rotatable bonds is 9. The first kappa shape index (κ1) is 24.0. The number of anilines is 3. The van der Waals surface area contributed by atoms with Crippen molar-refractivity contribution in [1.29, 1.82) is 0 Å². The molecule has 13 nitrogen and oxygen atoms in total. The van der Waals surface area contributed by atoms with Crippen LogP contribution in [0.15, 0.2) is 35.3 Å². The Morgan fingerprint density at radius 3 is 2.44 bits per heavy atom. The van der Waals surface area contributed by atoms with E-state index < -0.39 is 23.9 Å². The van der Waals surface area contributed by atoms with Crippen LogP contribution in [0.4, 0.5) is 17.5 Å². The number of aromatic amines is 1. The highest BCUT2D eigenvalue weighted by Gasteiger charge is 2.22. The molecule has 1 aromatic carbocycles. The van der Waals surface area contributed by atoms with Gasteiger partial charge in [-0.3, -0.25) is 14.4 Å². The van der Waals surface area contributed by atoms with Crippen LogP contribution in [-0.4, -0.2) is 56.1 Å². The maximum absolute atomic E-state index is 12.8. The number of benzene rings is 1. The van der Waals surface area contributed by atoms with Crippen LogP contribution < -0.4 is 27.1 Å². The van der Waals surface area contributed by atoms with E-state index in [2.05, 4.69) is 20.3 Å². The lowest BCUT2D eigenvalue weighted by Crippen LogP contribution is -2.41. The molecular formula is C21H23N7O6. The zero-order chi connectivity index (χ0) is 25.0. The molecule has 2 heterocycles. The minimum Gasteiger partial charge on any atom is -0.481 e. The zero-order valence-electron chi connectivity index (χ0n) is 18.1. The van der Waals surface area contributed by atoms with E-state index in [1.54, 1.807) is 24.1 Å². The van der Waals surface area contributed by atoms with E-state index in [1.807, 2.05) is 0 Å². The molecule has 34 heavy (non-hydrogen) atoms. The standard InChI is InChI=1S/C21H23N7O6/c1-28(9-11-8-24-18-15(16(11)31)17(22)26-21(23)27-18)12-4-2-10(3-5-12)19(32)25-13(20(33)34)6-7-14(29)30/h2-5,8,13H,6-7,9H2,1H3,(H,25,32)(H,29,30)(H,33,34)(H5,22,23,24,26,27,31). The van der Waals surface area contributed by atoms with E-state index >= 15 is 0 Å². The van der Waals surface area contributed by atoms with E-state index in [4.69, 9.17) is 16.6 Å². The van der Waals surface area contributed by atoms with Crippen LogP contribution in [0, 0.1) is 0 Å². The van der Waals surface area contributed by atoms with Crippen molar-refractivity contribution >= 4 is 46.3 Å². The highest BCUT2D eigenvalue weighted by Crippen LogP contribution is 2.18. The van der Waals surface area contributed by atoms with Crippen LogP contribution in [0.2, 0.25) is 0 Å². The molecule has 1 amide bonds. The summed E-state index contributed by atoms with van der Waals surface area (Å²) < 4.78 is 0. The average molecular weight is 469 g/mol. The largest absolute Gasteiger partial charge is 0.481 e. The van der Waals surface area contributed by atoms with Crippen LogP contribution in [0.5, 0.6) is 0 Å². The Bertz CT molecular complexity index is 1310. The number of nitrogens with zero attached hydrogens (tertiary/aromatic N) is 3. The number of fused-ring (bicyclic) bond motifs is 1. The number of hydrogen-bond acceptors (Lipinski definition) is 9. The fourth-order valence-electron chi connectivity index (χ4n) is 3.30. The Morgan fingerprint density at radius 2 is 1.82 bits per heavy atom. The number of aliphatic carboxylic acids is 2. The smallest absolute Gasteiger partial charge is 0.326 e. The zero-order valence-corrected chi connectivity index (χ0v) is 18.1. The van der Waals surface area contributed by atoms with Gasteiger partial charge >= 0.3 is 11.9 Å². The monoisotopic (exact) mass is 469 g/mol. The van der Waals surface area contributed by atoms with Gasteiger partial charge in [0.15, 0.2) is 5.43 Å². The lowest BCUT2D eigenvalue weighted by molar-refractivity contribution is -0.140. The second kappa shape index (κ2) is 9.85. The molecule has 0 aliphatic carbocycles. The van der Waals surface area contributed by atoms with Crippen molar-refractivity contribution in [3.63, 3.8) is 0 Å². The first-order valence-corrected chi connectivity index (χ1v) is 10.1. The molecule has 0 spiro atoms. The van der Waals surface area contributed by atoms with Gasteiger partial charge in [-0.25, -0.2) is 4.79 Å². The van der Waals surface area contributed by atoms with Crippen molar-refractivity contribution in [1.82, 2.24) is 20.3 Å². The number of hydrogen-bond donors (Lipinski definition) is 6. The van der Waals surface area contributed by atoms with Gasteiger partial charge in [0.25, 0.3) is 5.91 Å². The average Bonchev–Trinajstić information content (AvgIpc) is 2.77. The van der Waals surface area contributed by atoms with Crippen LogP contribution in [-0.2, 0) is 16.1 Å². The SMILES string of the molecule is CN(Cc1c[nH]c2nc(N)nc(N)c2c1=O)c1ccc(C(=O)NC(CCC(=O)O)C(=O)O)cc1. The Kier molecular flexibility index (Phi) is 6.95. The predicted octanol–water partition coefficient (Wildman–Crippen LogP) is 0.167. The molecule has 0 aliphatic heterocycles. The maximum Gasteiger partial charge on any atom is 0.326 e. The van der Waals surface area contributed by atoms with E-state index in [-0.39, 0.29) is 53.2 Å². The number of nitrogens with one attached hydrogen (secondary N) is 2. The van der Waals surface area contributed by atoms with Gasteiger partial charge in [-0.1, -0.05) is 0 Å². The normalized spacial score (nSPS) is 11.7. The number of amides is 1. The number of H-pyrrole nitrogens is 1. The van der Waals surface area contributed by atoms with Crippen molar-refractivity contribution in [3.8, 4) is 0 Å². The molecule has 8 N–H and O–H groups in total. The van der Waals surface area contributed by atoms with Crippen LogP contribution in [0.1, 0.15) is 28.8 Å². The molecule has 13 heteroatoms. The Morgan fingerprint density at radius 1 is 1.15 bits per heavy atom. The minimum absolute atomic E-state index is 0.0216. The summed E-state index contributed by atoms with van der Waals surface area (Å²) in [5.41, 5.74) is 12.6. The fourth-order valence-corrected chi connectivity index (χ4v) is 3.30. The predicted molar refractivity (Wildman–Crippen MR) is 123 cm³/mol. The third-order valence-corrected chi connectivity index (χ3v) is 5.08. The summed E-state index contributed by atoms with van der Waals surface area (Å²) >= 11 is 0. The topological polar surface area (TPSA) is 218 Å². The number of nitrogen functional groups attached to an aromatic ring is 2. The van der Waals surface area contributed by atoms with Crippen molar-refractivity contribution in [2.45, 2.75) is 25.4 Å². The molecular weight excluding hydrogens is 446 g/mol. The minimum atomic E-state index is -1.32. The van der Waals surface area contributed by atoms with Crippen LogP contribution in [0.3, 0.4) is 0 Å². The van der Waals surface area contributed by atoms with E-state index in [1.165, 1.54) is 18.3 Å². The van der Waals surface area contributed by atoms with Gasteiger partial charge in [-0.05, 0) is 30.7 Å². The number of pyridine rings is 1. The molecule has 0 saturated heterocycles. The summed E-state index contributed by atoms with van der Waals surface area (Å²) in [5.74, 6) is -3.19. The Hall–Kier alpha value is -4.68. The molecule has 3 aromatic rings. The number of carboxylic acid groups (broad SMARTS) is 2. The van der Waals surface area contributed by atoms with E-state index in [0.717, 1.165) is 0 Å². The molecule has 0 radical (unpaired) electrons. The molecule has 0 fully saturated rings. The number of aromatic nitrogens is 3. The van der Waals surface area contributed by atoms with Gasteiger partial charge in [0.1, 0.15) is 22.9 Å². The third-order valence-electron chi connectivity index (χ3n) is 5.08. The first-order chi connectivity index (χ1) is 16.1. The molecule has 3 rings (SSSR count). The lowest BCUT2D eigenvalue weighted by atomic mass is 10.1. The summed E-state index contributed by atoms with van der Waals surface area (Å²) in [6, 6.07) is 4.94. The van der Waals surface area contributed by atoms with Crippen molar-refractivity contribution in [3.05, 3.63) is 51.8 Å². The number of carbonyl (C=O) groups is 3. The molecule has 0 aliphatic rings. The summed E-state index contributed by atoms with van der Waals surface area (Å²) in [5, 5.41) is 20.4. The van der Waals surface area contributed by atoms with Crippen molar-refractivity contribution < 1.29 is 24.6 Å². The van der Waals surface area contributed by atoms with Gasteiger partial charge in [0.2, 0.25) is 5.95 Å². The summed E-state index contributed by atoms with van der Waals surface area (Å²) in [6.45, 7) is 0.205. The summed E-state index contributed by atoms with van der Waals surface area (Å²) in [6.07, 6.45) is 0.887. The lowest BCUT2D eigenvalue weighted by Gasteiger charge is -2.20. The first-order valence-electron chi connectivity index (χ1n) is 10.1. The molecule has 1 unspecified atom stereocenters. The third kappa shape index (κ3) is 5.38. The maximum atomic E-state index is 12.8. The molecule has 178 valence electrons.